The fraction of sp³-hybridized carbons (Fsp3) is 0.211. The summed E-state index contributed by atoms with van der Waals surface area (Å²) in [5.41, 5.74) is 7.51. The summed E-state index contributed by atoms with van der Waals surface area (Å²) in [7, 11) is 0. The van der Waals surface area contributed by atoms with Crippen molar-refractivity contribution >= 4 is 23.6 Å². The van der Waals surface area contributed by atoms with E-state index in [1.807, 2.05) is 56.3 Å². The van der Waals surface area contributed by atoms with Crippen molar-refractivity contribution in [3.8, 4) is 11.4 Å². The van der Waals surface area contributed by atoms with Gasteiger partial charge in [0.2, 0.25) is 11.1 Å². The number of carbonyl (C=O) groups excluding carboxylic acids is 2. The second-order valence-corrected chi connectivity index (χ2v) is 7.09. The fourth-order valence-corrected chi connectivity index (χ4v) is 3.01. The van der Waals surface area contributed by atoms with Gasteiger partial charge in [-0.25, -0.2) is 0 Å². The zero-order chi connectivity index (χ0) is 20.6. The molecule has 0 saturated carbocycles. The molecule has 0 spiro atoms. The van der Waals surface area contributed by atoms with Crippen LogP contribution in [-0.4, -0.2) is 44.4 Å². The number of hydrazine groups is 1. The van der Waals surface area contributed by atoms with Crippen LogP contribution in [0.15, 0.2) is 53.7 Å². The molecule has 0 aliphatic rings. The number of carbonyl (C=O) groups is 2. The first-order valence-electron chi connectivity index (χ1n) is 8.77. The molecule has 29 heavy (non-hydrogen) atoms. The third-order valence-corrected chi connectivity index (χ3v) is 4.76. The summed E-state index contributed by atoms with van der Waals surface area (Å²) in [6, 6.07) is 15.1. The number of tetrazole rings is 1. The molecule has 2 N–H and O–H groups in total. The molecular formula is C19H20N6O3S. The van der Waals surface area contributed by atoms with Crippen LogP contribution >= 0.6 is 11.8 Å². The van der Waals surface area contributed by atoms with Crippen LogP contribution in [0, 0.1) is 13.8 Å². The average molecular weight is 412 g/mol. The zero-order valence-corrected chi connectivity index (χ0v) is 16.8. The molecule has 2 amide bonds. The van der Waals surface area contributed by atoms with E-state index in [-0.39, 0.29) is 12.4 Å². The minimum atomic E-state index is -0.462. The Morgan fingerprint density at radius 1 is 1.03 bits per heavy atom. The van der Waals surface area contributed by atoms with E-state index in [1.165, 1.54) is 0 Å². The summed E-state index contributed by atoms with van der Waals surface area (Å²) in [4.78, 5) is 23.8. The standard InChI is InChI=1S/C19H20N6O3S/c1-13-7-9-15(10-8-13)25-19(22-23-24-25)29-12-18(27)21-20-17(26)11-28-16-6-4-3-5-14(16)2/h3-10H,11-12H2,1-2H3,(H,20,26)(H,21,27). The van der Waals surface area contributed by atoms with Crippen LogP contribution in [0.5, 0.6) is 5.75 Å². The predicted octanol–water partition coefficient (Wildman–Crippen LogP) is 1.60. The molecule has 0 saturated heterocycles. The van der Waals surface area contributed by atoms with Crippen molar-refractivity contribution in [1.29, 1.82) is 0 Å². The van der Waals surface area contributed by atoms with Crippen LogP contribution in [0.1, 0.15) is 11.1 Å². The number of nitrogens with one attached hydrogen (secondary N) is 2. The molecule has 0 unspecified atom stereocenters. The van der Waals surface area contributed by atoms with Gasteiger partial charge in [-0.15, -0.1) is 5.10 Å². The van der Waals surface area contributed by atoms with E-state index in [9.17, 15) is 9.59 Å². The van der Waals surface area contributed by atoms with Gasteiger partial charge in [0.15, 0.2) is 6.61 Å². The Kier molecular flexibility index (Phi) is 6.80. The van der Waals surface area contributed by atoms with Gasteiger partial charge in [-0.2, -0.15) is 4.68 Å². The maximum atomic E-state index is 12.0. The van der Waals surface area contributed by atoms with Gasteiger partial charge >= 0.3 is 0 Å². The molecule has 2 aromatic carbocycles. The SMILES string of the molecule is Cc1ccc(-n2nnnc2SCC(=O)NNC(=O)COc2ccccc2C)cc1. The first kappa shape index (κ1) is 20.3. The molecule has 3 rings (SSSR count). The fourth-order valence-electron chi connectivity index (χ4n) is 2.32. The largest absolute Gasteiger partial charge is 0.483 e. The highest BCUT2D eigenvalue weighted by atomic mass is 32.2. The minimum Gasteiger partial charge on any atom is -0.483 e. The highest BCUT2D eigenvalue weighted by Crippen LogP contribution is 2.18. The Morgan fingerprint density at radius 3 is 2.52 bits per heavy atom. The van der Waals surface area contributed by atoms with Crippen LogP contribution in [0.25, 0.3) is 5.69 Å². The summed E-state index contributed by atoms with van der Waals surface area (Å²) in [5, 5.41) is 12.0. The van der Waals surface area contributed by atoms with Gasteiger partial charge in [0.1, 0.15) is 5.75 Å². The van der Waals surface area contributed by atoms with Crippen molar-refractivity contribution in [2.24, 2.45) is 0 Å². The number of para-hydroxylation sites is 1. The number of aryl methyl sites for hydroxylation is 2. The Morgan fingerprint density at radius 2 is 1.76 bits per heavy atom. The Balaban J connectivity index is 1.44. The molecule has 1 heterocycles. The van der Waals surface area contributed by atoms with Crippen LogP contribution in [0.2, 0.25) is 0 Å². The molecule has 3 aromatic rings. The van der Waals surface area contributed by atoms with Crippen LogP contribution in [-0.2, 0) is 9.59 Å². The number of ether oxygens (including phenoxy) is 1. The molecule has 0 bridgehead atoms. The zero-order valence-electron chi connectivity index (χ0n) is 16.0. The number of rotatable bonds is 7. The summed E-state index contributed by atoms with van der Waals surface area (Å²) in [6.07, 6.45) is 0. The molecule has 150 valence electrons. The predicted molar refractivity (Wildman–Crippen MR) is 108 cm³/mol. The first-order chi connectivity index (χ1) is 14.0. The number of hydrogen-bond donors (Lipinski definition) is 2. The van der Waals surface area contributed by atoms with Gasteiger partial charge in [0.25, 0.3) is 5.91 Å². The van der Waals surface area contributed by atoms with Crippen molar-refractivity contribution in [3.63, 3.8) is 0 Å². The van der Waals surface area contributed by atoms with Gasteiger partial charge in [0.05, 0.1) is 11.4 Å². The third-order valence-electron chi connectivity index (χ3n) is 3.85. The Labute approximate surface area is 171 Å². The smallest absolute Gasteiger partial charge is 0.276 e. The lowest BCUT2D eigenvalue weighted by Gasteiger charge is -2.10. The lowest BCUT2D eigenvalue weighted by Crippen LogP contribution is -2.44. The molecule has 1 aromatic heterocycles. The number of nitrogens with zero attached hydrogens (tertiary/aromatic N) is 4. The number of thioether (sulfide) groups is 1. The Bertz CT molecular complexity index is 990. The van der Waals surface area contributed by atoms with E-state index in [0.717, 1.165) is 28.6 Å². The van der Waals surface area contributed by atoms with E-state index in [1.54, 1.807) is 10.7 Å². The molecule has 9 nitrogen and oxygen atoms in total. The van der Waals surface area contributed by atoms with E-state index in [4.69, 9.17) is 4.74 Å². The van der Waals surface area contributed by atoms with Gasteiger partial charge in [-0.1, -0.05) is 47.7 Å². The molecular weight excluding hydrogens is 392 g/mol. The average Bonchev–Trinajstić information content (AvgIpc) is 3.19. The minimum absolute atomic E-state index is 0.0329. The van der Waals surface area contributed by atoms with Crippen molar-refractivity contribution in [2.45, 2.75) is 19.0 Å². The topological polar surface area (TPSA) is 111 Å². The van der Waals surface area contributed by atoms with Crippen molar-refractivity contribution in [1.82, 2.24) is 31.1 Å². The molecule has 0 aliphatic carbocycles. The molecule has 0 aliphatic heterocycles. The monoisotopic (exact) mass is 412 g/mol. The van der Waals surface area contributed by atoms with Gasteiger partial charge < -0.3 is 4.74 Å². The maximum absolute atomic E-state index is 12.0. The van der Waals surface area contributed by atoms with E-state index in [2.05, 4.69) is 26.4 Å². The van der Waals surface area contributed by atoms with E-state index in [0.29, 0.717) is 10.9 Å². The normalized spacial score (nSPS) is 10.4. The Hall–Kier alpha value is -3.40. The van der Waals surface area contributed by atoms with Gasteiger partial charge in [-0.05, 0) is 48.0 Å². The quantitative estimate of drug-likeness (QED) is 0.448. The van der Waals surface area contributed by atoms with Crippen molar-refractivity contribution in [2.75, 3.05) is 12.4 Å². The first-order valence-corrected chi connectivity index (χ1v) is 9.76. The highest BCUT2D eigenvalue weighted by Gasteiger charge is 2.12. The van der Waals surface area contributed by atoms with Crippen LogP contribution in [0.3, 0.4) is 0 Å². The van der Waals surface area contributed by atoms with E-state index >= 15 is 0 Å². The van der Waals surface area contributed by atoms with Gasteiger partial charge in [-0.3, -0.25) is 20.4 Å². The molecule has 10 heteroatoms. The molecule has 0 radical (unpaired) electrons. The van der Waals surface area contributed by atoms with Crippen molar-refractivity contribution < 1.29 is 14.3 Å². The van der Waals surface area contributed by atoms with E-state index < -0.39 is 11.8 Å². The number of benzene rings is 2. The maximum Gasteiger partial charge on any atom is 0.276 e. The summed E-state index contributed by atoms with van der Waals surface area (Å²) < 4.78 is 6.97. The molecule has 0 fully saturated rings. The summed E-state index contributed by atoms with van der Waals surface area (Å²) in [6.45, 7) is 3.67. The number of aromatic nitrogens is 4. The van der Waals surface area contributed by atoms with Crippen LogP contribution in [0.4, 0.5) is 0 Å². The number of hydrogen-bond acceptors (Lipinski definition) is 7. The third kappa shape index (κ3) is 5.79. The lowest BCUT2D eigenvalue weighted by molar-refractivity contribution is -0.128. The van der Waals surface area contributed by atoms with Crippen LogP contribution < -0.4 is 15.6 Å². The highest BCUT2D eigenvalue weighted by molar-refractivity contribution is 7.99. The summed E-state index contributed by atoms with van der Waals surface area (Å²) in [5.74, 6) is -0.202. The lowest BCUT2D eigenvalue weighted by atomic mass is 10.2. The second-order valence-electron chi connectivity index (χ2n) is 6.15. The summed E-state index contributed by atoms with van der Waals surface area (Å²) >= 11 is 1.16. The van der Waals surface area contributed by atoms with Crippen molar-refractivity contribution in [3.05, 3.63) is 59.7 Å². The molecule has 0 atom stereocenters. The number of amides is 2. The second kappa shape index (κ2) is 9.69. The van der Waals surface area contributed by atoms with Gasteiger partial charge in [0, 0.05) is 0 Å².